The lowest BCUT2D eigenvalue weighted by Gasteiger charge is -2.30. The van der Waals surface area contributed by atoms with E-state index in [1.807, 2.05) is 6.92 Å². The Kier molecular flexibility index (Phi) is 3.39. The summed E-state index contributed by atoms with van der Waals surface area (Å²) in [4.78, 5) is 0. The van der Waals surface area contributed by atoms with E-state index in [-0.39, 0.29) is 6.10 Å². The van der Waals surface area contributed by atoms with E-state index in [0.29, 0.717) is 5.92 Å². The van der Waals surface area contributed by atoms with Gasteiger partial charge in [0.1, 0.15) is 0 Å². The second-order valence-electron chi connectivity index (χ2n) is 4.32. The molecule has 0 fully saturated rings. The van der Waals surface area contributed by atoms with Crippen LogP contribution >= 0.6 is 0 Å². The van der Waals surface area contributed by atoms with E-state index in [2.05, 4.69) is 29.6 Å². The Morgan fingerprint density at radius 3 is 3.00 bits per heavy atom. The summed E-state index contributed by atoms with van der Waals surface area (Å²) in [5.74, 6) is 0.658. The Labute approximate surface area is 91.3 Å². The lowest BCUT2D eigenvalue weighted by molar-refractivity contribution is 0.166. The summed E-state index contributed by atoms with van der Waals surface area (Å²) >= 11 is 0. The number of nitrogens with one attached hydrogen (secondary N) is 1. The van der Waals surface area contributed by atoms with Gasteiger partial charge in [-0.3, -0.25) is 0 Å². The fourth-order valence-electron chi connectivity index (χ4n) is 2.11. The number of aliphatic hydroxyl groups is 1. The molecule has 1 aliphatic rings. The topological polar surface area (TPSA) is 32.3 Å². The van der Waals surface area contributed by atoms with Crippen LogP contribution in [0.3, 0.4) is 0 Å². The summed E-state index contributed by atoms with van der Waals surface area (Å²) in [5.41, 5.74) is 2.97. The van der Waals surface area contributed by atoms with E-state index in [1.165, 1.54) is 17.5 Å². The molecule has 0 saturated carbocycles. The van der Waals surface area contributed by atoms with Crippen LogP contribution < -0.4 is 5.32 Å². The number of aliphatic hydroxyl groups excluding tert-OH is 1. The van der Waals surface area contributed by atoms with Gasteiger partial charge in [-0.2, -0.15) is 0 Å². The maximum atomic E-state index is 9.39. The number of rotatable bonds is 5. The Bertz CT molecular complexity index is 324. The summed E-state index contributed by atoms with van der Waals surface area (Å²) in [7, 11) is 0. The molecule has 0 saturated heterocycles. The first-order valence-corrected chi connectivity index (χ1v) is 5.77. The van der Waals surface area contributed by atoms with E-state index in [4.69, 9.17) is 0 Å². The zero-order valence-electron chi connectivity index (χ0n) is 9.24. The molecule has 0 heterocycles. The van der Waals surface area contributed by atoms with Crippen LogP contribution in [0, 0.1) is 0 Å². The minimum absolute atomic E-state index is 0.194. The molecule has 0 bridgehead atoms. The Morgan fingerprint density at radius 1 is 1.47 bits per heavy atom. The van der Waals surface area contributed by atoms with Crippen molar-refractivity contribution in [3.05, 3.63) is 35.4 Å². The second-order valence-corrected chi connectivity index (χ2v) is 4.32. The van der Waals surface area contributed by atoms with Gasteiger partial charge in [0.05, 0.1) is 6.10 Å². The lowest BCUT2D eigenvalue weighted by atomic mass is 9.77. The quantitative estimate of drug-likeness (QED) is 0.766. The van der Waals surface area contributed by atoms with Crippen molar-refractivity contribution in [3.63, 3.8) is 0 Å². The summed E-state index contributed by atoms with van der Waals surface area (Å²) < 4.78 is 0. The van der Waals surface area contributed by atoms with E-state index in [0.717, 1.165) is 19.5 Å². The monoisotopic (exact) mass is 205 g/mol. The van der Waals surface area contributed by atoms with Crippen molar-refractivity contribution in [3.8, 4) is 0 Å². The molecule has 1 aromatic carbocycles. The molecule has 2 unspecified atom stereocenters. The van der Waals surface area contributed by atoms with Gasteiger partial charge in [0.15, 0.2) is 0 Å². The molecular weight excluding hydrogens is 186 g/mol. The first-order chi connectivity index (χ1) is 7.31. The molecule has 2 rings (SSSR count). The summed E-state index contributed by atoms with van der Waals surface area (Å²) in [5, 5.41) is 12.7. The van der Waals surface area contributed by atoms with Gasteiger partial charge in [0.2, 0.25) is 0 Å². The highest BCUT2D eigenvalue weighted by Crippen LogP contribution is 2.33. The molecule has 2 heteroatoms. The van der Waals surface area contributed by atoms with Crippen LogP contribution in [0.1, 0.15) is 30.4 Å². The van der Waals surface area contributed by atoms with Crippen molar-refractivity contribution < 1.29 is 5.11 Å². The van der Waals surface area contributed by atoms with Crippen LogP contribution in [0.15, 0.2) is 24.3 Å². The van der Waals surface area contributed by atoms with Crippen LogP contribution in [0.2, 0.25) is 0 Å². The number of benzene rings is 1. The molecule has 82 valence electrons. The highest BCUT2D eigenvalue weighted by atomic mass is 16.3. The van der Waals surface area contributed by atoms with Crippen molar-refractivity contribution in [2.45, 2.75) is 31.8 Å². The molecule has 1 aromatic rings. The lowest BCUT2D eigenvalue weighted by Crippen LogP contribution is -2.33. The van der Waals surface area contributed by atoms with Gasteiger partial charge < -0.3 is 10.4 Å². The normalized spacial score (nSPS) is 20.5. The molecule has 0 amide bonds. The Morgan fingerprint density at radius 2 is 2.27 bits per heavy atom. The average Bonchev–Trinajstić information content (AvgIpc) is 2.24. The van der Waals surface area contributed by atoms with Gasteiger partial charge in [0.25, 0.3) is 0 Å². The average molecular weight is 205 g/mol. The van der Waals surface area contributed by atoms with Crippen molar-refractivity contribution in [2.24, 2.45) is 0 Å². The molecular formula is C13H19NO. The number of hydrogen-bond donors (Lipinski definition) is 2. The van der Waals surface area contributed by atoms with E-state index in [9.17, 15) is 5.11 Å². The van der Waals surface area contributed by atoms with Crippen molar-refractivity contribution in [2.75, 3.05) is 13.1 Å². The third-order valence-electron chi connectivity index (χ3n) is 3.20. The summed E-state index contributed by atoms with van der Waals surface area (Å²) in [6.45, 7) is 3.72. The van der Waals surface area contributed by atoms with Crippen LogP contribution in [0.5, 0.6) is 0 Å². The van der Waals surface area contributed by atoms with Gasteiger partial charge in [-0.25, -0.2) is 0 Å². The van der Waals surface area contributed by atoms with Gasteiger partial charge in [-0.1, -0.05) is 31.2 Å². The predicted octanol–water partition coefficient (Wildman–Crippen LogP) is 1.69. The largest absolute Gasteiger partial charge is 0.392 e. The molecule has 1 aliphatic carbocycles. The standard InChI is InChI=1S/C13H19NO/c1-2-12(15)9-14-8-11-7-10-5-3-4-6-13(10)11/h3-6,11-12,14-15H,2,7-9H2,1H3. The van der Waals surface area contributed by atoms with Crippen LogP contribution in [-0.2, 0) is 6.42 Å². The Balaban J connectivity index is 1.75. The van der Waals surface area contributed by atoms with Gasteiger partial charge in [-0.15, -0.1) is 0 Å². The predicted molar refractivity (Wildman–Crippen MR) is 62.1 cm³/mol. The van der Waals surface area contributed by atoms with Crippen LogP contribution in [0.4, 0.5) is 0 Å². The highest BCUT2D eigenvalue weighted by molar-refractivity contribution is 5.40. The first kappa shape index (κ1) is 10.7. The SMILES string of the molecule is CCC(O)CNCC1Cc2ccccc21. The van der Waals surface area contributed by atoms with Gasteiger partial charge in [-0.05, 0) is 24.0 Å². The maximum absolute atomic E-state index is 9.39. The van der Waals surface area contributed by atoms with Crippen LogP contribution in [-0.4, -0.2) is 24.3 Å². The molecule has 0 aromatic heterocycles. The van der Waals surface area contributed by atoms with Crippen molar-refractivity contribution in [1.29, 1.82) is 0 Å². The van der Waals surface area contributed by atoms with Gasteiger partial charge in [0, 0.05) is 19.0 Å². The zero-order valence-corrected chi connectivity index (χ0v) is 9.24. The third-order valence-corrected chi connectivity index (χ3v) is 3.20. The van der Waals surface area contributed by atoms with E-state index < -0.39 is 0 Å². The summed E-state index contributed by atoms with van der Waals surface area (Å²) in [6.07, 6.45) is 1.82. The first-order valence-electron chi connectivity index (χ1n) is 5.77. The maximum Gasteiger partial charge on any atom is 0.0662 e. The zero-order chi connectivity index (χ0) is 10.7. The smallest absolute Gasteiger partial charge is 0.0662 e. The summed E-state index contributed by atoms with van der Waals surface area (Å²) in [6, 6.07) is 8.61. The molecule has 0 spiro atoms. The van der Waals surface area contributed by atoms with Gasteiger partial charge >= 0.3 is 0 Å². The van der Waals surface area contributed by atoms with E-state index >= 15 is 0 Å². The van der Waals surface area contributed by atoms with Crippen molar-refractivity contribution in [1.82, 2.24) is 5.32 Å². The molecule has 15 heavy (non-hydrogen) atoms. The molecule has 2 atom stereocenters. The molecule has 2 nitrogen and oxygen atoms in total. The molecule has 0 aliphatic heterocycles. The third kappa shape index (κ3) is 2.39. The molecule has 2 N–H and O–H groups in total. The van der Waals surface area contributed by atoms with E-state index in [1.54, 1.807) is 0 Å². The fourth-order valence-corrected chi connectivity index (χ4v) is 2.11. The minimum atomic E-state index is -0.194. The highest BCUT2D eigenvalue weighted by Gasteiger charge is 2.24. The number of fused-ring (bicyclic) bond motifs is 1. The number of hydrogen-bond acceptors (Lipinski definition) is 2. The minimum Gasteiger partial charge on any atom is -0.392 e. The van der Waals surface area contributed by atoms with Crippen molar-refractivity contribution >= 4 is 0 Å². The van der Waals surface area contributed by atoms with Crippen LogP contribution in [0.25, 0.3) is 0 Å². The second kappa shape index (κ2) is 4.77. The fraction of sp³-hybridized carbons (Fsp3) is 0.538. The Hall–Kier alpha value is -0.860. The molecule has 0 radical (unpaired) electrons.